The van der Waals surface area contributed by atoms with E-state index in [1.54, 1.807) is 0 Å². The van der Waals surface area contributed by atoms with E-state index in [0.29, 0.717) is 0 Å². The molecular weight excluding hydrogens is 429 g/mol. The molecule has 1 fully saturated rings. The topological polar surface area (TPSA) is 46.1 Å². The fourth-order valence-corrected chi connectivity index (χ4v) is 3.47. The van der Waals surface area contributed by atoms with Crippen molar-refractivity contribution in [1.82, 2.24) is 10.2 Å². The first kappa shape index (κ1) is 20.3. The van der Waals surface area contributed by atoms with E-state index in [-0.39, 0.29) is 30.1 Å². The molecule has 0 saturated carbocycles. The minimum atomic E-state index is 0. The number of guanidine groups is 1. The van der Waals surface area contributed by atoms with Crippen LogP contribution in [0.1, 0.15) is 24.8 Å². The molecule has 3 rings (SSSR count). The SMILES string of the molecule is CN=C(NCC1Cc2ccccc2O1)N(C)CCC1CCOCC1.I. The van der Waals surface area contributed by atoms with Crippen molar-refractivity contribution in [3.63, 3.8) is 0 Å². The monoisotopic (exact) mass is 459 g/mol. The number of halogens is 1. The summed E-state index contributed by atoms with van der Waals surface area (Å²) in [6, 6.07) is 8.28. The van der Waals surface area contributed by atoms with Gasteiger partial charge in [-0.2, -0.15) is 0 Å². The van der Waals surface area contributed by atoms with Crippen LogP contribution in [0.4, 0.5) is 0 Å². The molecule has 1 atom stereocenters. The zero-order valence-electron chi connectivity index (χ0n) is 15.2. The molecule has 0 radical (unpaired) electrons. The van der Waals surface area contributed by atoms with Gasteiger partial charge >= 0.3 is 0 Å². The van der Waals surface area contributed by atoms with Gasteiger partial charge in [0.2, 0.25) is 0 Å². The zero-order valence-corrected chi connectivity index (χ0v) is 17.6. The average Bonchev–Trinajstić information content (AvgIpc) is 3.04. The second-order valence-electron chi connectivity index (χ2n) is 6.75. The second kappa shape index (κ2) is 10.2. The number of hydrogen-bond acceptors (Lipinski definition) is 3. The van der Waals surface area contributed by atoms with Crippen molar-refractivity contribution in [2.75, 3.05) is 40.4 Å². The number of aliphatic imine (C=N–C) groups is 1. The molecule has 0 amide bonds. The summed E-state index contributed by atoms with van der Waals surface area (Å²) in [4.78, 5) is 6.63. The fraction of sp³-hybridized carbons (Fsp3) is 0.632. The van der Waals surface area contributed by atoms with E-state index in [1.165, 1.54) is 24.8 Å². The number of nitrogens with one attached hydrogen (secondary N) is 1. The van der Waals surface area contributed by atoms with Crippen molar-refractivity contribution in [1.29, 1.82) is 0 Å². The number of ether oxygens (including phenoxy) is 2. The molecule has 2 aliphatic heterocycles. The van der Waals surface area contributed by atoms with Crippen LogP contribution in [0.3, 0.4) is 0 Å². The maximum Gasteiger partial charge on any atom is 0.193 e. The van der Waals surface area contributed by atoms with Gasteiger partial charge in [-0.1, -0.05) is 18.2 Å². The maximum atomic E-state index is 5.99. The Bertz CT molecular complexity index is 536. The van der Waals surface area contributed by atoms with Gasteiger partial charge < -0.3 is 19.7 Å². The van der Waals surface area contributed by atoms with Crippen molar-refractivity contribution in [2.45, 2.75) is 31.8 Å². The lowest BCUT2D eigenvalue weighted by Crippen LogP contribution is -2.43. The van der Waals surface area contributed by atoms with Crippen molar-refractivity contribution in [2.24, 2.45) is 10.9 Å². The molecule has 1 saturated heterocycles. The summed E-state index contributed by atoms with van der Waals surface area (Å²) < 4.78 is 11.4. The first-order valence-corrected chi connectivity index (χ1v) is 9.00. The molecule has 0 aliphatic carbocycles. The number of benzene rings is 1. The van der Waals surface area contributed by atoms with E-state index >= 15 is 0 Å². The van der Waals surface area contributed by atoms with Crippen LogP contribution in [0.5, 0.6) is 5.75 Å². The predicted molar refractivity (Wildman–Crippen MR) is 112 cm³/mol. The molecule has 140 valence electrons. The van der Waals surface area contributed by atoms with Crippen LogP contribution in [0.25, 0.3) is 0 Å². The number of hydrogen-bond donors (Lipinski definition) is 1. The van der Waals surface area contributed by atoms with E-state index in [2.05, 4.69) is 34.4 Å². The van der Waals surface area contributed by atoms with Gasteiger partial charge in [0, 0.05) is 40.3 Å². The molecule has 2 aliphatic rings. The maximum absolute atomic E-state index is 5.99. The van der Waals surface area contributed by atoms with Crippen LogP contribution in [-0.4, -0.2) is 57.4 Å². The highest BCUT2D eigenvalue weighted by molar-refractivity contribution is 14.0. The van der Waals surface area contributed by atoms with Crippen LogP contribution in [-0.2, 0) is 11.2 Å². The van der Waals surface area contributed by atoms with Gasteiger partial charge in [0.25, 0.3) is 0 Å². The number of para-hydroxylation sites is 1. The fourth-order valence-electron chi connectivity index (χ4n) is 3.47. The Balaban J connectivity index is 0.00000225. The number of nitrogens with zero attached hydrogens (tertiary/aromatic N) is 2. The smallest absolute Gasteiger partial charge is 0.193 e. The van der Waals surface area contributed by atoms with E-state index < -0.39 is 0 Å². The van der Waals surface area contributed by atoms with Gasteiger partial charge in [0.1, 0.15) is 11.9 Å². The lowest BCUT2D eigenvalue weighted by atomic mass is 9.96. The Kier molecular flexibility index (Phi) is 8.29. The lowest BCUT2D eigenvalue weighted by Gasteiger charge is -2.27. The Morgan fingerprint density at radius 3 is 2.76 bits per heavy atom. The minimum Gasteiger partial charge on any atom is -0.488 e. The standard InChI is InChI=1S/C19H29N3O2.HI/c1-20-19(22(2)10-7-15-8-11-23-12-9-15)21-14-17-13-16-5-3-4-6-18(16)24-17;/h3-6,15,17H,7-14H2,1-2H3,(H,20,21);1H. The minimum absolute atomic E-state index is 0. The van der Waals surface area contributed by atoms with Gasteiger partial charge in [-0.05, 0) is 36.8 Å². The van der Waals surface area contributed by atoms with E-state index in [9.17, 15) is 0 Å². The molecule has 6 heteroatoms. The molecular formula is C19H30IN3O2. The van der Waals surface area contributed by atoms with Crippen molar-refractivity contribution < 1.29 is 9.47 Å². The van der Waals surface area contributed by atoms with Crippen molar-refractivity contribution in [3.05, 3.63) is 29.8 Å². The Morgan fingerprint density at radius 2 is 2.04 bits per heavy atom. The van der Waals surface area contributed by atoms with Crippen molar-refractivity contribution >= 4 is 29.9 Å². The summed E-state index contributed by atoms with van der Waals surface area (Å²) in [5.41, 5.74) is 1.30. The van der Waals surface area contributed by atoms with Gasteiger partial charge in [-0.25, -0.2) is 0 Å². The third kappa shape index (κ3) is 5.74. The lowest BCUT2D eigenvalue weighted by molar-refractivity contribution is 0.0625. The number of rotatable bonds is 5. The molecule has 0 spiro atoms. The van der Waals surface area contributed by atoms with Crippen LogP contribution in [0, 0.1) is 5.92 Å². The Labute approximate surface area is 168 Å². The molecule has 5 nitrogen and oxygen atoms in total. The van der Waals surface area contributed by atoms with E-state index in [4.69, 9.17) is 9.47 Å². The average molecular weight is 459 g/mol. The van der Waals surface area contributed by atoms with Gasteiger partial charge in [0.05, 0.1) is 6.54 Å². The molecule has 0 bridgehead atoms. The Hall–Kier alpha value is -1.02. The van der Waals surface area contributed by atoms with E-state index in [0.717, 1.165) is 50.4 Å². The van der Waals surface area contributed by atoms with Crippen LogP contribution in [0.2, 0.25) is 0 Å². The summed E-state index contributed by atoms with van der Waals surface area (Å²) in [7, 11) is 3.95. The molecule has 2 heterocycles. The molecule has 1 N–H and O–H groups in total. The summed E-state index contributed by atoms with van der Waals surface area (Å²) >= 11 is 0. The quantitative estimate of drug-likeness (QED) is 0.418. The third-order valence-electron chi connectivity index (χ3n) is 4.99. The van der Waals surface area contributed by atoms with Crippen LogP contribution in [0.15, 0.2) is 29.3 Å². The molecule has 0 aromatic heterocycles. The second-order valence-corrected chi connectivity index (χ2v) is 6.75. The molecule has 1 aromatic carbocycles. The summed E-state index contributed by atoms with van der Waals surface area (Å²) in [5, 5.41) is 3.46. The predicted octanol–water partition coefficient (Wildman–Crippen LogP) is 2.93. The molecule has 1 aromatic rings. The number of fused-ring (bicyclic) bond motifs is 1. The van der Waals surface area contributed by atoms with Crippen LogP contribution >= 0.6 is 24.0 Å². The first-order valence-electron chi connectivity index (χ1n) is 9.00. The first-order chi connectivity index (χ1) is 11.8. The normalized spacial score (nSPS) is 20.4. The highest BCUT2D eigenvalue weighted by Gasteiger charge is 2.23. The van der Waals surface area contributed by atoms with Crippen LogP contribution < -0.4 is 10.1 Å². The highest BCUT2D eigenvalue weighted by atomic mass is 127. The van der Waals surface area contributed by atoms with Crippen molar-refractivity contribution in [3.8, 4) is 5.75 Å². The third-order valence-corrected chi connectivity index (χ3v) is 4.99. The van der Waals surface area contributed by atoms with E-state index in [1.807, 2.05) is 19.2 Å². The zero-order chi connectivity index (χ0) is 16.8. The Morgan fingerprint density at radius 1 is 1.28 bits per heavy atom. The summed E-state index contributed by atoms with van der Waals surface area (Å²) in [6.07, 6.45) is 4.73. The largest absolute Gasteiger partial charge is 0.488 e. The summed E-state index contributed by atoms with van der Waals surface area (Å²) in [6.45, 7) is 3.64. The van der Waals surface area contributed by atoms with Gasteiger partial charge in [-0.15, -0.1) is 24.0 Å². The molecule has 25 heavy (non-hydrogen) atoms. The highest BCUT2D eigenvalue weighted by Crippen LogP contribution is 2.27. The summed E-state index contributed by atoms with van der Waals surface area (Å²) in [5.74, 6) is 2.75. The van der Waals surface area contributed by atoms with Gasteiger partial charge in [-0.3, -0.25) is 4.99 Å². The van der Waals surface area contributed by atoms with Gasteiger partial charge in [0.15, 0.2) is 5.96 Å². The molecule has 1 unspecified atom stereocenters.